The summed E-state index contributed by atoms with van der Waals surface area (Å²) in [4.78, 5) is 11.0. The van der Waals surface area contributed by atoms with Gasteiger partial charge in [-0.05, 0) is 31.0 Å². The Balaban J connectivity index is 2.36. The highest BCUT2D eigenvalue weighted by Crippen LogP contribution is 2.17. The summed E-state index contributed by atoms with van der Waals surface area (Å²) >= 11 is 0. The number of nitrogens with one attached hydrogen (secondary N) is 2. The first-order chi connectivity index (χ1) is 9.63. The first-order valence-corrected chi connectivity index (χ1v) is 6.93. The Morgan fingerprint density at radius 3 is 2.95 bits per heavy atom. The van der Waals surface area contributed by atoms with Crippen LogP contribution >= 0.6 is 0 Å². The van der Waals surface area contributed by atoms with E-state index in [1.54, 1.807) is 0 Å². The van der Waals surface area contributed by atoms with Crippen LogP contribution in [0, 0.1) is 0 Å². The average Bonchev–Trinajstić information content (AvgIpc) is 2.42. The predicted octanol–water partition coefficient (Wildman–Crippen LogP) is 2.89. The molecule has 1 atom stereocenters. The standard InChI is InChI=1S/C16H24N2O2/c1-4-5-10-20-11-9-17-13(2)15-7-6-8-16(12-15)18-14(3)19/h4,6-8,12-13,17H,1,5,9-11H2,2-3H3,(H,18,19). The minimum atomic E-state index is -0.0571. The predicted molar refractivity (Wildman–Crippen MR) is 82.8 cm³/mol. The molecule has 0 aliphatic rings. The van der Waals surface area contributed by atoms with Crippen LogP contribution in [-0.2, 0) is 9.53 Å². The number of carbonyl (C=O) groups excluding carboxylic acids is 1. The van der Waals surface area contributed by atoms with E-state index in [1.165, 1.54) is 6.92 Å². The second-order valence-electron chi connectivity index (χ2n) is 4.67. The van der Waals surface area contributed by atoms with Gasteiger partial charge in [0.25, 0.3) is 0 Å². The zero-order chi connectivity index (χ0) is 14.8. The molecule has 0 bridgehead atoms. The van der Waals surface area contributed by atoms with Gasteiger partial charge in [0.1, 0.15) is 0 Å². The molecule has 0 aliphatic heterocycles. The minimum absolute atomic E-state index is 0.0571. The summed E-state index contributed by atoms with van der Waals surface area (Å²) in [7, 11) is 0. The van der Waals surface area contributed by atoms with Gasteiger partial charge in [-0.2, -0.15) is 0 Å². The number of carbonyl (C=O) groups is 1. The third kappa shape index (κ3) is 6.50. The zero-order valence-electron chi connectivity index (χ0n) is 12.3. The number of ether oxygens (including phenoxy) is 1. The van der Waals surface area contributed by atoms with Gasteiger partial charge in [0.05, 0.1) is 13.2 Å². The molecule has 1 aromatic carbocycles. The maximum Gasteiger partial charge on any atom is 0.221 e. The third-order valence-corrected chi connectivity index (χ3v) is 2.87. The molecule has 0 saturated carbocycles. The van der Waals surface area contributed by atoms with Crippen LogP contribution in [-0.4, -0.2) is 25.7 Å². The van der Waals surface area contributed by atoms with E-state index < -0.39 is 0 Å². The molecule has 110 valence electrons. The molecule has 1 amide bonds. The summed E-state index contributed by atoms with van der Waals surface area (Å²) < 4.78 is 5.45. The third-order valence-electron chi connectivity index (χ3n) is 2.87. The number of amides is 1. The van der Waals surface area contributed by atoms with E-state index in [4.69, 9.17) is 4.74 Å². The molecule has 1 rings (SSSR count). The van der Waals surface area contributed by atoms with Crippen LogP contribution in [0.5, 0.6) is 0 Å². The van der Waals surface area contributed by atoms with Crippen LogP contribution in [0.1, 0.15) is 31.9 Å². The fourth-order valence-electron chi connectivity index (χ4n) is 1.82. The van der Waals surface area contributed by atoms with Crippen molar-refractivity contribution in [3.8, 4) is 0 Å². The number of hydrogen-bond acceptors (Lipinski definition) is 3. The van der Waals surface area contributed by atoms with Crippen LogP contribution < -0.4 is 10.6 Å². The van der Waals surface area contributed by atoms with Crippen LogP contribution in [0.2, 0.25) is 0 Å². The van der Waals surface area contributed by atoms with Crippen molar-refractivity contribution in [3.63, 3.8) is 0 Å². The molecular formula is C16H24N2O2. The summed E-state index contributed by atoms with van der Waals surface area (Å²) in [5, 5.41) is 6.18. The fraction of sp³-hybridized carbons (Fsp3) is 0.438. The van der Waals surface area contributed by atoms with E-state index in [-0.39, 0.29) is 11.9 Å². The Hall–Kier alpha value is -1.65. The molecule has 4 heteroatoms. The van der Waals surface area contributed by atoms with Gasteiger partial charge >= 0.3 is 0 Å². The topological polar surface area (TPSA) is 50.4 Å². The van der Waals surface area contributed by atoms with Gasteiger partial charge in [-0.3, -0.25) is 4.79 Å². The van der Waals surface area contributed by atoms with Crippen molar-refractivity contribution in [3.05, 3.63) is 42.5 Å². The smallest absolute Gasteiger partial charge is 0.221 e. The first-order valence-electron chi connectivity index (χ1n) is 6.93. The molecule has 0 spiro atoms. The van der Waals surface area contributed by atoms with Gasteiger partial charge in [0, 0.05) is 25.2 Å². The summed E-state index contributed by atoms with van der Waals surface area (Å²) in [5.74, 6) is -0.0571. The van der Waals surface area contributed by atoms with Gasteiger partial charge < -0.3 is 15.4 Å². The zero-order valence-corrected chi connectivity index (χ0v) is 12.3. The Bertz CT molecular complexity index is 432. The molecule has 0 aliphatic carbocycles. The Morgan fingerprint density at radius 2 is 2.25 bits per heavy atom. The molecule has 0 fully saturated rings. The molecular weight excluding hydrogens is 252 g/mol. The summed E-state index contributed by atoms with van der Waals surface area (Å²) in [6.45, 7) is 9.45. The van der Waals surface area contributed by atoms with E-state index in [2.05, 4.69) is 24.1 Å². The number of rotatable bonds is 9. The molecule has 1 aromatic rings. The van der Waals surface area contributed by atoms with Crippen molar-refractivity contribution >= 4 is 11.6 Å². The van der Waals surface area contributed by atoms with Crippen molar-refractivity contribution < 1.29 is 9.53 Å². The lowest BCUT2D eigenvalue weighted by atomic mass is 10.1. The molecule has 4 nitrogen and oxygen atoms in total. The normalized spacial score (nSPS) is 11.9. The van der Waals surface area contributed by atoms with E-state index in [9.17, 15) is 4.79 Å². The SMILES string of the molecule is C=CCCOCCNC(C)c1cccc(NC(C)=O)c1. The molecule has 2 N–H and O–H groups in total. The Labute approximate surface area is 121 Å². The number of anilines is 1. The largest absolute Gasteiger partial charge is 0.380 e. The van der Waals surface area contributed by atoms with Crippen molar-refractivity contribution in [1.82, 2.24) is 5.32 Å². The van der Waals surface area contributed by atoms with Crippen molar-refractivity contribution in [2.75, 3.05) is 25.1 Å². The quantitative estimate of drug-likeness (QED) is 0.538. The molecule has 20 heavy (non-hydrogen) atoms. The lowest BCUT2D eigenvalue weighted by Gasteiger charge is -2.15. The van der Waals surface area contributed by atoms with Crippen molar-refractivity contribution in [2.24, 2.45) is 0 Å². The lowest BCUT2D eigenvalue weighted by molar-refractivity contribution is -0.114. The summed E-state index contributed by atoms with van der Waals surface area (Å²) in [6, 6.07) is 8.07. The van der Waals surface area contributed by atoms with Crippen LogP contribution in [0.4, 0.5) is 5.69 Å². The van der Waals surface area contributed by atoms with Gasteiger partial charge in [-0.25, -0.2) is 0 Å². The van der Waals surface area contributed by atoms with E-state index >= 15 is 0 Å². The molecule has 1 unspecified atom stereocenters. The summed E-state index contributed by atoms with van der Waals surface area (Å²) in [6.07, 6.45) is 2.73. The second-order valence-corrected chi connectivity index (χ2v) is 4.67. The first kappa shape index (κ1) is 16.4. The van der Waals surface area contributed by atoms with E-state index in [0.717, 1.165) is 30.8 Å². The summed E-state index contributed by atoms with van der Waals surface area (Å²) in [5.41, 5.74) is 1.97. The number of hydrogen-bond donors (Lipinski definition) is 2. The monoisotopic (exact) mass is 276 g/mol. The van der Waals surface area contributed by atoms with Gasteiger partial charge in [-0.15, -0.1) is 6.58 Å². The van der Waals surface area contributed by atoms with Crippen molar-refractivity contribution in [2.45, 2.75) is 26.3 Å². The van der Waals surface area contributed by atoms with Crippen molar-refractivity contribution in [1.29, 1.82) is 0 Å². The molecule has 0 aromatic heterocycles. The Kier molecular flexibility index (Phi) is 7.62. The molecule has 0 saturated heterocycles. The maximum absolute atomic E-state index is 11.0. The number of benzene rings is 1. The maximum atomic E-state index is 11.0. The highest BCUT2D eigenvalue weighted by atomic mass is 16.5. The minimum Gasteiger partial charge on any atom is -0.380 e. The van der Waals surface area contributed by atoms with Gasteiger partial charge in [0.15, 0.2) is 0 Å². The molecule has 0 heterocycles. The van der Waals surface area contributed by atoms with Crippen LogP contribution in [0.25, 0.3) is 0 Å². The van der Waals surface area contributed by atoms with Gasteiger partial charge in [0.2, 0.25) is 5.91 Å². The van der Waals surface area contributed by atoms with Crippen LogP contribution in [0.15, 0.2) is 36.9 Å². The lowest BCUT2D eigenvalue weighted by Crippen LogP contribution is -2.23. The Morgan fingerprint density at radius 1 is 1.45 bits per heavy atom. The second kappa shape index (κ2) is 9.28. The molecule has 0 radical (unpaired) electrons. The fourth-order valence-corrected chi connectivity index (χ4v) is 1.82. The van der Waals surface area contributed by atoms with E-state index in [1.807, 2.05) is 30.3 Å². The highest BCUT2D eigenvalue weighted by molar-refractivity contribution is 5.88. The average molecular weight is 276 g/mol. The van der Waals surface area contributed by atoms with Gasteiger partial charge in [-0.1, -0.05) is 18.2 Å². The highest BCUT2D eigenvalue weighted by Gasteiger charge is 2.05. The van der Waals surface area contributed by atoms with Crippen LogP contribution in [0.3, 0.4) is 0 Å². The van der Waals surface area contributed by atoms with E-state index in [0.29, 0.717) is 6.61 Å².